The molecule has 0 heterocycles. The van der Waals surface area contributed by atoms with E-state index in [1.54, 1.807) is 30.3 Å². The van der Waals surface area contributed by atoms with E-state index in [0.717, 1.165) is 10.8 Å². The van der Waals surface area contributed by atoms with Gasteiger partial charge in [-0.1, -0.05) is 30.3 Å². The number of hydrogen-bond donors (Lipinski definition) is 1. The number of esters is 1. The van der Waals surface area contributed by atoms with Crippen LogP contribution in [0.4, 0.5) is 5.69 Å². The summed E-state index contributed by atoms with van der Waals surface area (Å²) in [6, 6.07) is 19.7. The first-order valence-electron chi connectivity index (χ1n) is 8.72. The highest BCUT2D eigenvalue weighted by atomic mass is 16.6. The first-order valence-corrected chi connectivity index (χ1v) is 8.72. The third-order valence-corrected chi connectivity index (χ3v) is 4.07. The van der Waals surface area contributed by atoms with Crippen molar-refractivity contribution in [2.75, 3.05) is 11.9 Å². The van der Waals surface area contributed by atoms with Gasteiger partial charge in [-0.15, -0.1) is 0 Å². The number of amides is 1. The Balaban J connectivity index is 1.50. The van der Waals surface area contributed by atoms with Crippen molar-refractivity contribution in [3.8, 4) is 5.75 Å². The maximum atomic E-state index is 12.3. The SMILES string of the molecule is CC(OC(=O)COc1ccc(C=O)cc1)C(=O)Nc1ccc2ccccc2c1. The van der Waals surface area contributed by atoms with Crippen molar-refractivity contribution in [3.05, 3.63) is 72.3 Å². The van der Waals surface area contributed by atoms with Crippen molar-refractivity contribution in [2.24, 2.45) is 0 Å². The number of nitrogens with one attached hydrogen (secondary N) is 1. The molecule has 1 unspecified atom stereocenters. The van der Waals surface area contributed by atoms with Crippen molar-refractivity contribution >= 4 is 34.6 Å². The molecule has 0 fully saturated rings. The van der Waals surface area contributed by atoms with E-state index in [2.05, 4.69) is 5.32 Å². The molecule has 0 aliphatic heterocycles. The maximum absolute atomic E-state index is 12.3. The van der Waals surface area contributed by atoms with Crippen molar-refractivity contribution < 1.29 is 23.9 Å². The Kier molecular flexibility index (Phi) is 6.01. The van der Waals surface area contributed by atoms with Gasteiger partial charge in [0, 0.05) is 11.3 Å². The Morgan fingerprint density at radius 1 is 1.00 bits per heavy atom. The van der Waals surface area contributed by atoms with E-state index in [1.165, 1.54) is 6.92 Å². The molecular formula is C22H19NO5. The second-order valence-electron chi connectivity index (χ2n) is 6.16. The Hall–Kier alpha value is -3.67. The van der Waals surface area contributed by atoms with E-state index >= 15 is 0 Å². The number of carbonyl (C=O) groups is 3. The molecule has 6 heteroatoms. The lowest BCUT2D eigenvalue weighted by Crippen LogP contribution is -2.31. The van der Waals surface area contributed by atoms with Gasteiger partial charge in [0.25, 0.3) is 5.91 Å². The maximum Gasteiger partial charge on any atom is 0.344 e. The summed E-state index contributed by atoms with van der Waals surface area (Å²) in [4.78, 5) is 34.8. The van der Waals surface area contributed by atoms with Gasteiger partial charge in [-0.25, -0.2) is 4.79 Å². The Morgan fingerprint density at radius 2 is 1.71 bits per heavy atom. The minimum atomic E-state index is -0.972. The van der Waals surface area contributed by atoms with E-state index in [1.807, 2.05) is 36.4 Å². The number of fused-ring (bicyclic) bond motifs is 1. The quantitative estimate of drug-likeness (QED) is 0.503. The molecule has 3 aromatic rings. The number of benzene rings is 3. The van der Waals surface area contributed by atoms with Crippen LogP contribution < -0.4 is 10.1 Å². The van der Waals surface area contributed by atoms with E-state index in [4.69, 9.17) is 9.47 Å². The Bertz CT molecular complexity index is 997. The molecule has 0 aliphatic rings. The van der Waals surface area contributed by atoms with Crippen LogP contribution in [0.5, 0.6) is 5.75 Å². The zero-order valence-corrected chi connectivity index (χ0v) is 15.3. The van der Waals surface area contributed by atoms with Crippen LogP contribution in [0.15, 0.2) is 66.7 Å². The Morgan fingerprint density at radius 3 is 2.43 bits per heavy atom. The van der Waals surface area contributed by atoms with Crippen LogP contribution >= 0.6 is 0 Å². The summed E-state index contributed by atoms with van der Waals surface area (Å²) in [5.41, 5.74) is 1.13. The summed E-state index contributed by atoms with van der Waals surface area (Å²) in [6.07, 6.45) is -0.256. The smallest absolute Gasteiger partial charge is 0.344 e. The molecular weight excluding hydrogens is 358 g/mol. The second-order valence-corrected chi connectivity index (χ2v) is 6.16. The van der Waals surface area contributed by atoms with Crippen LogP contribution in [0.1, 0.15) is 17.3 Å². The molecule has 0 aromatic heterocycles. The number of rotatable bonds is 7. The van der Waals surface area contributed by atoms with Gasteiger partial charge in [0.2, 0.25) is 0 Å². The summed E-state index contributed by atoms with van der Waals surface area (Å²) < 4.78 is 10.4. The highest BCUT2D eigenvalue weighted by Crippen LogP contribution is 2.19. The molecule has 3 rings (SSSR count). The number of aldehydes is 1. The molecule has 3 aromatic carbocycles. The van der Waals surface area contributed by atoms with Crippen molar-refractivity contribution in [3.63, 3.8) is 0 Å². The Labute approximate surface area is 162 Å². The molecule has 1 N–H and O–H groups in total. The topological polar surface area (TPSA) is 81.7 Å². The van der Waals surface area contributed by atoms with Gasteiger partial charge in [-0.05, 0) is 54.1 Å². The predicted octanol–water partition coefficient (Wildman–Crippen LogP) is 3.60. The van der Waals surface area contributed by atoms with Crippen LogP contribution in [0, 0.1) is 0 Å². The van der Waals surface area contributed by atoms with Gasteiger partial charge >= 0.3 is 5.97 Å². The zero-order valence-electron chi connectivity index (χ0n) is 15.3. The van der Waals surface area contributed by atoms with Crippen molar-refractivity contribution in [1.82, 2.24) is 0 Å². The lowest BCUT2D eigenvalue weighted by molar-refractivity contribution is -0.155. The third-order valence-electron chi connectivity index (χ3n) is 4.07. The summed E-state index contributed by atoms with van der Waals surface area (Å²) in [5.74, 6) is -0.671. The van der Waals surface area contributed by atoms with E-state index in [9.17, 15) is 14.4 Å². The number of anilines is 1. The molecule has 0 aliphatic carbocycles. The standard InChI is InChI=1S/C22H19NO5/c1-15(28-21(25)14-27-20-10-6-16(13-24)7-11-20)22(26)23-19-9-8-17-4-2-3-5-18(17)12-19/h2-13,15H,14H2,1H3,(H,23,26). The number of carbonyl (C=O) groups excluding carboxylic acids is 3. The first kappa shape index (κ1) is 19.1. The van der Waals surface area contributed by atoms with Crippen molar-refractivity contribution in [2.45, 2.75) is 13.0 Å². The molecule has 1 atom stereocenters. The third kappa shape index (κ3) is 4.94. The number of hydrogen-bond acceptors (Lipinski definition) is 5. The summed E-state index contributed by atoms with van der Waals surface area (Å²) >= 11 is 0. The molecule has 0 spiro atoms. The van der Waals surface area contributed by atoms with Gasteiger partial charge in [-0.3, -0.25) is 9.59 Å². The van der Waals surface area contributed by atoms with Gasteiger partial charge in [0.05, 0.1) is 0 Å². The summed E-state index contributed by atoms with van der Waals surface area (Å²) in [5, 5.41) is 4.80. The molecule has 6 nitrogen and oxygen atoms in total. The van der Waals surface area contributed by atoms with Crippen LogP contribution in [0.2, 0.25) is 0 Å². The minimum absolute atomic E-state index is 0.339. The molecule has 0 saturated carbocycles. The van der Waals surface area contributed by atoms with Crippen molar-refractivity contribution in [1.29, 1.82) is 0 Å². The fourth-order valence-corrected chi connectivity index (χ4v) is 2.58. The molecule has 28 heavy (non-hydrogen) atoms. The largest absolute Gasteiger partial charge is 0.482 e. The van der Waals surface area contributed by atoms with Gasteiger partial charge in [0.1, 0.15) is 12.0 Å². The van der Waals surface area contributed by atoms with Crippen LogP contribution in [-0.4, -0.2) is 30.9 Å². The fraction of sp³-hybridized carbons (Fsp3) is 0.136. The average molecular weight is 377 g/mol. The van der Waals surface area contributed by atoms with Crippen LogP contribution in [0.25, 0.3) is 10.8 Å². The van der Waals surface area contributed by atoms with Crippen LogP contribution in [-0.2, 0) is 14.3 Å². The van der Waals surface area contributed by atoms with E-state index in [0.29, 0.717) is 23.3 Å². The van der Waals surface area contributed by atoms with Gasteiger partial charge < -0.3 is 14.8 Å². The molecule has 0 radical (unpaired) electrons. The monoisotopic (exact) mass is 377 g/mol. The fourth-order valence-electron chi connectivity index (χ4n) is 2.58. The minimum Gasteiger partial charge on any atom is -0.482 e. The molecule has 0 bridgehead atoms. The summed E-state index contributed by atoms with van der Waals surface area (Å²) in [7, 11) is 0. The molecule has 142 valence electrons. The average Bonchev–Trinajstić information content (AvgIpc) is 2.72. The second kappa shape index (κ2) is 8.81. The first-order chi connectivity index (χ1) is 13.5. The highest BCUT2D eigenvalue weighted by Gasteiger charge is 2.18. The normalized spacial score (nSPS) is 11.5. The zero-order chi connectivity index (χ0) is 19.9. The molecule has 1 amide bonds. The lowest BCUT2D eigenvalue weighted by atomic mass is 10.1. The van der Waals surface area contributed by atoms with Crippen LogP contribution in [0.3, 0.4) is 0 Å². The summed E-state index contributed by atoms with van der Waals surface area (Å²) in [6.45, 7) is 1.15. The highest BCUT2D eigenvalue weighted by molar-refractivity contribution is 5.97. The van der Waals surface area contributed by atoms with Gasteiger partial charge in [-0.2, -0.15) is 0 Å². The lowest BCUT2D eigenvalue weighted by Gasteiger charge is -2.14. The van der Waals surface area contributed by atoms with E-state index < -0.39 is 18.0 Å². The molecule has 0 saturated heterocycles. The van der Waals surface area contributed by atoms with Gasteiger partial charge in [0.15, 0.2) is 12.7 Å². The van der Waals surface area contributed by atoms with E-state index in [-0.39, 0.29) is 6.61 Å². The predicted molar refractivity (Wildman–Crippen MR) is 105 cm³/mol. The number of ether oxygens (including phenoxy) is 2.